The lowest BCUT2D eigenvalue weighted by molar-refractivity contribution is -0.0944. The molecule has 2 atom stereocenters. The molecular weight excluding hydrogens is 178 g/mol. The second-order valence-electron chi connectivity index (χ2n) is 5.13. The molecule has 0 radical (unpaired) electrons. The van der Waals surface area contributed by atoms with Gasteiger partial charge in [-0.1, -0.05) is 6.92 Å². The van der Waals surface area contributed by atoms with Crippen LogP contribution in [0.25, 0.3) is 0 Å². The average Bonchev–Trinajstić information content (AvgIpc) is 2.74. The monoisotopic (exact) mass is 195 g/mol. The van der Waals surface area contributed by atoms with Gasteiger partial charge >= 0.3 is 0 Å². The molecule has 2 unspecified atom stereocenters. The Kier molecular flexibility index (Phi) is 1.93. The van der Waals surface area contributed by atoms with E-state index in [4.69, 9.17) is 4.74 Å². The maximum absolute atomic E-state index is 10.6. The highest BCUT2D eigenvalue weighted by atomic mass is 16.5. The van der Waals surface area contributed by atoms with E-state index in [1.807, 2.05) is 0 Å². The number of ether oxygens (including phenoxy) is 1. The van der Waals surface area contributed by atoms with Crippen molar-refractivity contribution in [3.05, 3.63) is 0 Å². The van der Waals surface area contributed by atoms with Crippen LogP contribution in [0, 0.1) is 22.2 Å². The van der Waals surface area contributed by atoms with E-state index in [1.54, 1.807) is 6.92 Å². The van der Waals surface area contributed by atoms with E-state index in [0.29, 0.717) is 19.6 Å². The normalized spacial score (nSPS) is 38.7. The lowest BCUT2D eigenvalue weighted by Crippen LogP contribution is -2.51. The SMILES string of the molecule is CC1(C(C)(O)C2(C#N)CCOC2)CC1. The van der Waals surface area contributed by atoms with Gasteiger partial charge in [-0.25, -0.2) is 0 Å². The Labute approximate surface area is 84.7 Å². The number of nitriles is 1. The molecule has 3 nitrogen and oxygen atoms in total. The quantitative estimate of drug-likeness (QED) is 0.726. The molecule has 0 spiro atoms. The van der Waals surface area contributed by atoms with Crippen molar-refractivity contribution in [3.8, 4) is 6.07 Å². The van der Waals surface area contributed by atoms with Gasteiger partial charge < -0.3 is 9.84 Å². The smallest absolute Gasteiger partial charge is 0.112 e. The summed E-state index contributed by atoms with van der Waals surface area (Å²) in [6.07, 6.45) is 2.69. The third-order valence-electron chi connectivity index (χ3n) is 4.34. The molecule has 0 amide bonds. The van der Waals surface area contributed by atoms with Gasteiger partial charge in [0.25, 0.3) is 0 Å². The molecule has 3 heteroatoms. The molecular formula is C11H17NO2. The second-order valence-corrected chi connectivity index (χ2v) is 5.13. The van der Waals surface area contributed by atoms with Crippen LogP contribution < -0.4 is 0 Å². The van der Waals surface area contributed by atoms with E-state index in [-0.39, 0.29) is 5.41 Å². The van der Waals surface area contributed by atoms with Gasteiger partial charge in [0.2, 0.25) is 0 Å². The molecule has 2 rings (SSSR count). The average molecular weight is 195 g/mol. The molecule has 1 aliphatic heterocycles. The third kappa shape index (κ3) is 1.04. The zero-order chi connectivity index (χ0) is 10.4. The van der Waals surface area contributed by atoms with Crippen LogP contribution in [0.4, 0.5) is 0 Å². The van der Waals surface area contributed by atoms with Crippen molar-refractivity contribution in [2.24, 2.45) is 10.8 Å². The first-order valence-electron chi connectivity index (χ1n) is 5.19. The molecule has 1 aliphatic carbocycles. The van der Waals surface area contributed by atoms with E-state index in [1.165, 1.54) is 0 Å². The Hall–Kier alpha value is -0.590. The lowest BCUT2D eigenvalue weighted by Gasteiger charge is -2.41. The van der Waals surface area contributed by atoms with Gasteiger partial charge in [-0.15, -0.1) is 0 Å². The van der Waals surface area contributed by atoms with Crippen LogP contribution in [-0.4, -0.2) is 23.9 Å². The van der Waals surface area contributed by atoms with Crippen LogP contribution in [0.15, 0.2) is 0 Å². The van der Waals surface area contributed by atoms with Crippen LogP contribution >= 0.6 is 0 Å². The highest BCUT2D eigenvalue weighted by Crippen LogP contribution is 2.61. The van der Waals surface area contributed by atoms with Crippen molar-refractivity contribution in [1.29, 1.82) is 5.26 Å². The predicted molar refractivity (Wildman–Crippen MR) is 51.4 cm³/mol. The van der Waals surface area contributed by atoms with Crippen molar-refractivity contribution in [1.82, 2.24) is 0 Å². The Balaban J connectivity index is 2.31. The highest BCUT2D eigenvalue weighted by molar-refractivity contribution is 5.20. The summed E-state index contributed by atoms with van der Waals surface area (Å²) in [6.45, 7) is 4.84. The van der Waals surface area contributed by atoms with Crippen molar-refractivity contribution < 1.29 is 9.84 Å². The molecule has 0 bridgehead atoms. The van der Waals surface area contributed by atoms with Crippen molar-refractivity contribution >= 4 is 0 Å². The molecule has 14 heavy (non-hydrogen) atoms. The van der Waals surface area contributed by atoms with Crippen molar-refractivity contribution in [2.75, 3.05) is 13.2 Å². The zero-order valence-corrected chi connectivity index (χ0v) is 8.84. The van der Waals surface area contributed by atoms with Gasteiger partial charge in [0.15, 0.2) is 0 Å². The number of hydrogen-bond acceptors (Lipinski definition) is 3. The molecule has 1 saturated heterocycles. The summed E-state index contributed by atoms with van der Waals surface area (Å²) in [5, 5.41) is 19.8. The third-order valence-corrected chi connectivity index (χ3v) is 4.34. The number of nitrogens with zero attached hydrogens (tertiary/aromatic N) is 1. The Morgan fingerprint density at radius 2 is 2.07 bits per heavy atom. The molecule has 1 saturated carbocycles. The van der Waals surface area contributed by atoms with Crippen molar-refractivity contribution in [2.45, 2.75) is 38.7 Å². The first-order valence-corrected chi connectivity index (χ1v) is 5.19. The summed E-state index contributed by atoms with van der Waals surface area (Å²) in [5.74, 6) is 0. The molecule has 0 aromatic carbocycles. The molecule has 2 aliphatic rings. The number of hydrogen-bond donors (Lipinski definition) is 1. The first kappa shape index (κ1) is 9.95. The molecule has 1 N–H and O–H groups in total. The summed E-state index contributed by atoms with van der Waals surface area (Å²) in [5.41, 5.74) is -1.67. The number of rotatable bonds is 2. The first-order chi connectivity index (χ1) is 6.47. The van der Waals surface area contributed by atoms with Crippen LogP contribution in [-0.2, 0) is 4.74 Å². The van der Waals surface area contributed by atoms with Gasteiger partial charge in [0.05, 0.1) is 18.3 Å². The summed E-state index contributed by atoms with van der Waals surface area (Å²) in [4.78, 5) is 0. The van der Waals surface area contributed by atoms with Crippen LogP contribution in [0.3, 0.4) is 0 Å². The van der Waals surface area contributed by atoms with Crippen LogP contribution in [0.2, 0.25) is 0 Å². The Morgan fingerprint density at radius 1 is 1.43 bits per heavy atom. The second kappa shape index (κ2) is 2.71. The van der Waals surface area contributed by atoms with E-state index in [9.17, 15) is 10.4 Å². The molecule has 78 valence electrons. The summed E-state index contributed by atoms with van der Waals surface area (Å²) >= 11 is 0. The van der Waals surface area contributed by atoms with Gasteiger partial charge in [0.1, 0.15) is 5.41 Å². The lowest BCUT2D eigenvalue weighted by atomic mass is 9.65. The summed E-state index contributed by atoms with van der Waals surface area (Å²) in [6, 6.07) is 2.29. The maximum Gasteiger partial charge on any atom is 0.112 e. The minimum atomic E-state index is -0.911. The standard InChI is InChI=1S/C11H17NO2/c1-9(3-4-9)10(2,13)11(7-12)5-6-14-8-11/h13H,3-6,8H2,1-2H3. The predicted octanol–water partition coefficient (Wildman–Crippen LogP) is 1.47. The molecule has 0 aromatic rings. The summed E-state index contributed by atoms with van der Waals surface area (Å²) < 4.78 is 5.28. The fraction of sp³-hybridized carbons (Fsp3) is 0.909. The van der Waals surface area contributed by atoms with Gasteiger partial charge in [-0.3, -0.25) is 0 Å². The zero-order valence-electron chi connectivity index (χ0n) is 8.84. The fourth-order valence-electron chi connectivity index (χ4n) is 2.40. The molecule has 2 fully saturated rings. The summed E-state index contributed by atoms with van der Waals surface area (Å²) in [7, 11) is 0. The van der Waals surface area contributed by atoms with Crippen molar-refractivity contribution in [3.63, 3.8) is 0 Å². The minimum Gasteiger partial charge on any atom is -0.388 e. The topological polar surface area (TPSA) is 53.2 Å². The maximum atomic E-state index is 10.6. The Bertz CT molecular complexity index is 280. The van der Waals surface area contributed by atoms with Gasteiger partial charge in [-0.05, 0) is 31.6 Å². The minimum absolute atomic E-state index is 0.0730. The number of aliphatic hydroxyl groups is 1. The van der Waals surface area contributed by atoms with E-state index < -0.39 is 11.0 Å². The van der Waals surface area contributed by atoms with E-state index in [0.717, 1.165) is 12.8 Å². The van der Waals surface area contributed by atoms with E-state index in [2.05, 4.69) is 13.0 Å². The van der Waals surface area contributed by atoms with Crippen LogP contribution in [0.1, 0.15) is 33.1 Å². The molecule has 0 aromatic heterocycles. The van der Waals surface area contributed by atoms with E-state index >= 15 is 0 Å². The Morgan fingerprint density at radius 3 is 2.43 bits per heavy atom. The fourth-order valence-corrected chi connectivity index (χ4v) is 2.40. The van der Waals surface area contributed by atoms with Gasteiger partial charge in [0, 0.05) is 6.61 Å². The van der Waals surface area contributed by atoms with Crippen LogP contribution in [0.5, 0.6) is 0 Å². The molecule has 1 heterocycles. The largest absolute Gasteiger partial charge is 0.388 e. The van der Waals surface area contributed by atoms with Gasteiger partial charge in [-0.2, -0.15) is 5.26 Å². The highest BCUT2D eigenvalue weighted by Gasteiger charge is 2.64.